The molecule has 2 aromatic rings. The number of benzene rings is 2. The van der Waals surface area contributed by atoms with E-state index in [-0.39, 0.29) is 11.1 Å². The number of imide groups is 1. The number of aryl methyl sites for hydroxylation is 1. The fourth-order valence-corrected chi connectivity index (χ4v) is 2.62. The molecule has 0 aliphatic carbocycles. The molecule has 1 aliphatic heterocycles. The van der Waals surface area contributed by atoms with E-state index in [1.165, 1.54) is 12.1 Å². The predicted octanol–water partition coefficient (Wildman–Crippen LogP) is 2.85. The maximum atomic E-state index is 12.3. The molecule has 0 aromatic heterocycles. The molecule has 0 bridgehead atoms. The SMILES string of the molecule is Cc1ccccc1C(C)C(=O)ON1C(=O)c2ccccc2C1=O. The number of fused-ring (bicyclic) bond motifs is 1. The van der Waals surface area contributed by atoms with Gasteiger partial charge in [0.05, 0.1) is 17.0 Å². The number of hydrogen-bond acceptors (Lipinski definition) is 4. The van der Waals surface area contributed by atoms with Crippen molar-refractivity contribution in [2.75, 3.05) is 0 Å². The third-order valence-electron chi connectivity index (χ3n) is 3.95. The van der Waals surface area contributed by atoms with Crippen molar-refractivity contribution in [3.8, 4) is 0 Å². The van der Waals surface area contributed by atoms with Gasteiger partial charge in [0.2, 0.25) is 0 Å². The highest BCUT2D eigenvalue weighted by Crippen LogP contribution is 2.26. The van der Waals surface area contributed by atoms with Gasteiger partial charge in [0.15, 0.2) is 0 Å². The quantitative estimate of drug-likeness (QED) is 0.818. The first kappa shape index (κ1) is 15.0. The van der Waals surface area contributed by atoms with Crippen LogP contribution in [0.25, 0.3) is 0 Å². The van der Waals surface area contributed by atoms with Crippen LogP contribution in [-0.4, -0.2) is 22.8 Å². The summed E-state index contributed by atoms with van der Waals surface area (Å²) < 4.78 is 0. The lowest BCUT2D eigenvalue weighted by atomic mass is 9.97. The topological polar surface area (TPSA) is 63.7 Å². The molecule has 1 atom stereocenters. The van der Waals surface area contributed by atoms with Crippen LogP contribution in [0.2, 0.25) is 0 Å². The van der Waals surface area contributed by atoms with E-state index in [0.717, 1.165) is 11.1 Å². The average Bonchev–Trinajstić information content (AvgIpc) is 2.80. The Hall–Kier alpha value is -2.95. The second kappa shape index (κ2) is 5.68. The molecule has 0 radical (unpaired) electrons. The van der Waals surface area contributed by atoms with Gasteiger partial charge in [0.1, 0.15) is 0 Å². The summed E-state index contributed by atoms with van der Waals surface area (Å²) in [4.78, 5) is 41.8. The summed E-state index contributed by atoms with van der Waals surface area (Å²) in [6.45, 7) is 3.57. The van der Waals surface area contributed by atoms with E-state index >= 15 is 0 Å². The van der Waals surface area contributed by atoms with Crippen molar-refractivity contribution in [3.05, 3.63) is 70.8 Å². The van der Waals surface area contributed by atoms with Gasteiger partial charge in [-0.3, -0.25) is 9.59 Å². The number of hydrogen-bond donors (Lipinski definition) is 0. The van der Waals surface area contributed by atoms with E-state index in [9.17, 15) is 14.4 Å². The van der Waals surface area contributed by atoms with Crippen molar-refractivity contribution in [1.29, 1.82) is 0 Å². The van der Waals surface area contributed by atoms with Crippen LogP contribution in [-0.2, 0) is 9.63 Å². The fraction of sp³-hybridized carbons (Fsp3) is 0.167. The molecule has 23 heavy (non-hydrogen) atoms. The Morgan fingerprint density at radius 1 is 0.957 bits per heavy atom. The lowest BCUT2D eigenvalue weighted by Crippen LogP contribution is -2.34. The lowest BCUT2D eigenvalue weighted by molar-refractivity contribution is -0.170. The van der Waals surface area contributed by atoms with Crippen LogP contribution in [0.3, 0.4) is 0 Å². The molecule has 0 fully saturated rings. The largest absolute Gasteiger partial charge is 0.340 e. The fourth-order valence-electron chi connectivity index (χ4n) is 2.62. The van der Waals surface area contributed by atoms with E-state index < -0.39 is 23.7 Å². The number of nitrogens with zero attached hydrogens (tertiary/aromatic N) is 1. The summed E-state index contributed by atoms with van der Waals surface area (Å²) in [6, 6.07) is 13.8. The van der Waals surface area contributed by atoms with E-state index in [1.54, 1.807) is 19.1 Å². The van der Waals surface area contributed by atoms with Crippen LogP contribution < -0.4 is 0 Å². The van der Waals surface area contributed by atoms with Gasteiger partial charge < -0.3 is 4.84 Å². The number of amides is 2. The van der Waals surface area contributed by atoms with Crippen molar-refractivity contribution < 1.29 is 19.2 Å². The Morgan fingerprint density at radius 2 is 1.48 bits per heavy atom. The second-order valence-electron chi connectivity index (χ2n) is 5.44. The molecule has 0 N–H and O–H groups in total. The average molecular weight is 309 g/mol. The smallest absolute Gasteiger partial charge is 0.329 e. The number of hydroxylamine groups is 2. The molecule has 3 rings (SSSR count). The Kier molecular flexibility index (Phi) is 3.70. The highest BCUT2D eigenvalue weighted by atomic mass is 16.7. The maximum Gasteiger partial charge on any atom is 0.340 e. The first-order valence-electron chi connectivity index (χ1n) is 7.26. The molecule has 5 nitrogen and oxygen atoms in total. The molecule has 2 amide bonds. The van der Waals surface area contributed by atoms with E-state index in [0.29, 0.717) is 5.06 Å². The van der Waals surface area contributed by atoms with Gasteiger partial charge >= 0.3 is 5.97 Å². The van der Waals surface area contributed by atoms with Gasteiger partial charge in [-0.2, -0.15) is 0 Å². The zero-order chi connectivity index (χ0) is 16.6. The van der Waals surface area contributed by atoms with Crippen LogP contribution in [0.15, 0.2) is 48.5 Å². The van der Waals surface area contributed by atoms with Gasteiger partial charge in [-0.1, -0.05) is 41.5 Å². The molecular weight excluding hydrogens is 294 g/mol. The second-order valence-corrected chi connectivity index (χ2v) is 5.44. The van der Waals surface area contributed by atoms with Crippen molar-refractivity contribution in [3.63, 3.8) is 0 Å². The highest BCUT2D eigenvalue weighted by molar-refractivity contribution is 6.20. The minimum Gasteiger partial charge on any atom is -0.329 e. The Balaban J connectivity index is 1.81. The minimum atomic E-state index is -0.645. The number of carbonyl (C=O) groups is 3. The standard InChI is InChI=1S/C18H15NO4/c1-11-7-3-4-8-13(11)12(2)18(22)23-19-16(20)14-9-5-6-10-15(14)17(19)21/h3-10,12H,1-2H3. The molecule has 0 saturated carbocycles. The van der Waals surface area contributed by atoms with E-state index in [4.69, 9.17) is 4.84 Å². The molecule has 5 heteroatoms. The summed E-state index contributed by atoms with van der Waals surface area (Å²) in [7, 11) is 0. The van der Waals surface area contributed by atoms with Gasteiger partial charge in [0, 0.05) is 0 Å². The third kappa shape index (κ3) is 2.50. The van der Waals surface area contributed by atoms with Gasteiger partial charge in [0.25, 0.3) is 11.8 Å². The summed E-state index contributed by atoms with van der Waals surface area (Å²) in [5.41, 5.74) is 2.23. The van der Waals surface area contributed by atoms with E-state index in [1.807, 2.05) is 31.2 Å². The maximum absolute atomic E-state index is 12.3. The van der Waals surface area contributed by atoms with Crippen molar-refractivity contribution in [2.45, 2.75) is 19.8 Å². The molecule has 1 aliphatic rings. The van der Waals surface area contributed by atoms with Gasteiger partial charge in [-0.05, 0) is 37.1 Å². The normalized spacial score (nSPS) is 14.6. The van der Waals surface area contributed by atoms with Gasteiger partial charge in [-0.15, -0.1) is 0 Å². The molecule has 1 heterocycles. The molecule has 1 unspecified atom stereocenters. The zero-order valence-corrected chi connectivity index (χ0v) is 12.8. The molecule has 2 aromatic carbocycles. The number of carbonyl (C=O) groups excluding carboxylic acids is 3. The summed E-state index contributed by atoms with van der Waals surface area (Å²) in [5, 5.41) is 0.543. The third-order valence-corrected chi connectivity index (χ3v) is 3.95. The van der Waals surface area contributed by atoms with Crippen molar-refractivity contribution >= 4 is 17.8 Å². The first-order chi connectivity index (χ1) is 11.0. The van der Waals surface area contributed by atoms with Crippen LogP contribution in [0.5, 0.6) is 0 Å². The Morgan fingerprint density at radius 3 is 2.04 bits per heavy atom. The van der Waals surface area contributed by atoms with Gasteiger partial charge in [-0.25, -0.2) is 4.79 Å². The van der Waals surface area contributed by atoms with Crippen LogP contribution in [0, 0.1) is 6.92 Å². The number of rotatable bonds is 3. The van der Waals surface area contributed by atoms with Crippen LogP contribution in [0.4, 0.5) is 0 Å². The Labute approximate surface area is 133 Å². The lowest BCUT2D eigenvalue weighted by Gasteiger charge is -2.17. The van der Waals surface area contributed by atoms with Crippen molar-refractivity contribution in [1.82, 2.24) is 5.06 Å². The summed E-state index contributed by atoms with van der Waals surface area (Å²) in [6.07, 6.45) is 0. The van der Waals surface area contributed by atoms with Crippen molar-refractivity contribution in [2.24, 2.45) is 0 Å². The monoisotopic (exact) mass is 309 g/mol. The first-order valence-corrected chi connectivity index (χ1v) is 7.26. The summed E-state index contributed by atoms with van der Waals surface area (Å²) in [5.74, 6) is -2.46. The predicted molar refractivity (Wildman–Crippen MR) is 82.6 cm³/mol. The molecule has 0 spiro atoms. The minimum absolute atomic E-state index is 0.244. The molecular formula is C18H15NO4. The van der Waals surface area contributed by atoms with Crippen LogP contribution in [0.1, 0.15) is 44.7 Å². The highest BCUT2D eigenvalue weighted by Gasteiger charge is 2.39. The Bertz CT molecular complexity index is 777. The molecule has 116 valence electrons. The molecule has 0 saturated heterocycles. The van der Waals surface area contributed by atoms with Crippen LogP contribution >= 0.6 is 0 Å². The van der Waals surface area contributed by atoms with E-state index in [2.05, 4.69) is 0 Å². The summed E-state index contributed by atoms with van der Waals surface area (Å²) >= 11 is 0. The zero-order valence-electron chi connectivity index (χ0n) is 12.8.